The van der Waals surface area contributed by atoms with Gasteiger partial charge in [0, 0.05) is 42.0 Å². The van der Waals surface area contributed by atoms with Gasteiger partial charge in [-0.25, -0.2) is 9.80 Å². The van der Waals surface area contributed by atoms with Crippen molar-refractivity contribution in [3.05, 3.63) is 105 Å². The van der Waals surface area contributed by atoms with Crippen molar-refractivity contribution >= 4 is 29.1 Å². The number of aromatic nitrogens is 3. The molecule has 1 N–H and O–H groups in total. The van der Waals surface area contributed by atoms with Crippen LogP contribution in [0.5, 0.6) is 0 Å². The van der Waals surface area contributed by atoms with Crippen LogP contribution in [-0.2, 0) is 6.54 Å². The zero-order valence-corrected chi connectivity index (χ0v) is 21.3. The summed E-state index contributed by atoms with van der Waals surface area (Å²) in [5.41, 5.74) is 4.98. The summed E-state index contributed by atoms with van der Waals surface area (Å²) in [5.74, 6) is 1.25. The molecule has 2 aliphatic heterocycles. The molecule has 1 aromatic heterocycles. The van der Waals surface area contributed by atoms with Gasteiger partial charge >= 0.3 is 6.03 Å². The SMILES string of the molecule is Cc1nnc2n1-c1ccccc1C(c1ccc(NC(=O)N3CCCC3)cc1)=NN2Cc1ccc([N+](=O)[O-])cc1. The highest BCUT2D eigenvalue weighted by Gasteiger charge is 2.26. The monoisotopic (exact) mass is 522 g/mol. The lowest BCUT2D eigenvalue weighted by atomic mass is 10.0. The van der Waals surface area contributed by atoms with E-state index < -0.39 is 4.92 Å². The number of aryl methyl sites for hydroxylation is 1. The highest BCUT2D eigenvalue weighted by molar-refractivity contribution is 6.15. The number of carbonyl (C=O) groups is 1. The molecule has 0 aliphatic carbocycles. The average Bonchev–Trinajstić information content (AvgIpc) is 3.60. The summed E-state index contributed by atoms with van der Waals surface area (Å²) in [7, 11) is 0. The van der Waals surface area contributed by atoms with Crippen molar-refractivity contribution in [2.24, 2.45) is 5.10 Å². The third-order valence-corrected chi connectivity index (χ3v) is 6.94. The van der Waals surface area contributed by atoms with E-state index in [4.69, 9.17) is 5.10 Å². The molecule has 0 unspecified atom stereocenters. The fourth-order valence-electron chi connectivity index (χ4n) is 4.94. The van der Waals surface area contributed by atoms with Crippen LogP contribution in [0.15, 0.2) is 77.9 Å². The number of likely N-dealkylation sites (tertiary alicyclic amines) is 1. The van der Waals surface area contributed by atoms with Crippen LogP contribution < -0.4 is 10.3 Å². The van der Waals surface area contributed by atoms with Crippen LogP contribution in [-0.4, -0.2) is 49.4 Å². The highest BCUT2D eigenvalue weighted by atomic mass is 16.6. The summed E-state index contributed by atoms with van der Waals surface area (Å²) in [4.78, 5) is 25.1. The molecule has 2 aliphatic rings. The number of para-hydroxylation sites is 1. The van der Waals surface area contributed by atoms with Crippen LogP contribution in [0.25, 0.3) is 5.69 Å². The fourth-order valence-corrected chi connectivity index (χ4v) is 4.94. The van der Waals surface area contributed by atoms with Crippen LogP contribution >= 0.6 is 0 Å². The van der Waals surface area contributed by atoms with Crippen molar-refractivity contribution in [3.8, 4) is 5.69 Å². The number of rotatable bonds is 5. The molecule has 4 aromatic rings. The molecule has 39 heavy (non-hydrogen) atoms. The maximum Gasteiger partial charge on any atom is 0.321 e. The summed E-state index contributed by atoms with van der Waals surface area (Å²) < 4.78 is 1.96. The molecule has 0 atom stereocenters. The lowest BCUT2D eigenvalue weighted by Crippen LogP contribution is -2.32. The lowest BCUT2D eigenvalue weighted by Gasteiger charge is -2.18. The molecule has 11 heteroatoms. The Bertz CT molecular complexity index is 1570. The molecule has 0 bridgehead atoms. The van der Waals surface area contributed by atoms with Gasteiger partial charge < -0.3 is 10.2 Å². The van der Waals surface area contributed by atoms with Gasteiger partial charge in [0.05, 0.1) is 17.2 Å². The maximum absolute atomic E-state index is 12.5. The molecule has 11 nitrogen and oxygen atoms in total. The van der Waals surface area contributed by atoms with Crippen LogP contribution in [0.3, 0.4) is 0 Å². The number of non-ortho nitro benzene ring substituents is 1. The first-order valence-corrected chi connectivity index (χ1v) is 12.8. The molecule has 2 amide bonds. The van der Waals surface area contributed by atoms with Gasteiger partial charge in [0.1, 0.15) is 11.5 Å². The number of urea groups is 1. The fraction of sp³-hybridized carbons (Fsp3) is 0.214. The number of nitro groups is 1. The molecule has 0 radical (unpaired) electrons. The first-order chi connectivity index (χ1) is 19.0. The van der Waals surface area contributed by atoms with Gasteiger partial charge in [-0.3, -0.25) is 14.7 Å². The Morgan fingerprint density at radius 2 is 1.69 bits per heavy atom. The second kappa shape index (κ2) is 10.0. The van der Waals surface area contributed by atoms with Gasteiger partial charge in [-0.1, -0.05) is 42.5 Å². The van der Waals surface area contributed by atoms with Gasteiger partial charge in [0.25, 0.3) is 11.6 Å². The number of hydrogen-bond donors (Lipinski definition) is 1. The van der Waals surface area contributed by atoms with Crippen molar-refractivity contribution < 1.29 is 9.72 Å². The van der Waals surface area contributed by atoms with Crippen LogP contribution in [0.1, 0.15) is 35.4 Å². The number of anilines is 2. The summed E-state index contributed by atoms with van der Waals surface area (Å²) in [6.45, 7) is 3.79. The predicted molar refractivity (Wildman–Crippen MR) is 147 cm³/mol. The zero-order valence-electron chi connectivity index (χ0n) is 21.3. The zero-order chi connectivity index (χ0) is 26.9. The van der Waals surface area contributed by atoms with Gasteiger partial charge in [-0.15, -0.1) is 10.2 Å². The van der Waals surface area contributed by atoms with E-state index in [9.17, 15) is 14.9 Å². The third-order valence-electron chi connectivity index (χ3n) is 6.94. The molecule has 3 heterocycles. The summed E-state index contributed by atoms with van der Waals surface area (Å²) in [6.07, 6.45) is 2.07. The van der Waals surface area contributed by atoms with Crippen molar-refractivity contribution in [3.63, 3.8) is 0 Å². The number of nitrogens with one attached hydrogen (secondary N) is 1. The number of hydrogen-bond acceptors (Lipinski definition) is 7. The van der Waals surface area contributed by atoms with E-state index in [-0.39, 0.29) is 11.7 Å². The van der Waals surface area contributed by atoms with Gasteiger partial charge in [-0.2, -0.15) is 5.10 Å². The molecule has 1 saturated heterocycles. The van der Waals surface area contributed by atoms with Crippen LogP contribution in [0.2, 0.25) is 0 Å². The summed E-state index contributed by atoms with van der Waals surface area (Å²) in [6, 6.07) is 21.9. The van der Waals surface area contributed by atoms with E-state index >= 15 is 0 Å². The van der Waals surface area contributed by atoms with E-state index in [0.29, 0.717) is 24.0 Å². The van der Waals surface area contributed by atoms with E-state index in [0.717, 1.165) is 54.0 Å². The Hall–Kier alpha value is -5.06. The summed E-state index contributed by atoms with van der Waals surface area (Å²) in [5, 5.41) is 29.6. The minimum atomic E-state index is -0.417. The van der Waals surface area contributed by atoms with Crippen molar-refractivity contribution in [1.82, 2.24) is 19.7 Å². The first kappa shape index (κ1) is 24.3. The summed E-state index contributed by atoms with van der Waals surface area (Å²) >= 11 is 0. The van der Waals surface area contributed by atoms with Gasteiger partial charge in [0.15, 0.2) is 0 Å². The van der Waals surface area contributed by atoms with Crippen LogP contribution in [0, 0.1) is 17.0 Å². The largest absolute Gasteiger partial charge is 0.325 e. The van der Waals surface area contributed by atoms with Crippen molar-refractivity contribution in [2.75, 3.05) is 23.4 Å². The first-order valence-electron chi connectivity index (χ1n) is 12.8. The molecule has 6 rings (SSSR count). The van der Waals surface area contributed by atoms with E-state index in [1.165, 1.54) is 12.1 Å². The minimum Gasteiger partial charge on any atom is -0.325 e. The number of carbonyl (C=O) groups excluding carboxylic acids is 1. The Morgan fingerprint density at radius 1 is 0.974 bits per heavy atom. The second-order valence-corrected chi connectivity index (χ2v) is 9.53. The number of amides is 2. The van der Waals surface area contributed by atoms with Crippen molar-refractivity contribution in [2.45, 2.75) is 26.3 Å². The lowest BCUT2D eigenvalue weighted by molar-refractivity contribution is -0.384. The predicted octanol–water partition coefficient (Wildman–Crippen LogP) is 4.88. The molecule has 1 fully saturated rings. The van der Waals surface area contributed by atoms with E-state index in [1.54, 1.807) is 17.1 Å². The normalized spacial score (nSPS) is 14.3. The van der Waals surface area contributed by atoms with Gasteiger partial charge in [0.2, 0.25) is 0 Å². The Labute approximate surface area is 224 Å². The number of benzene rings is 3. The third kappa shape index (κ3) is 4.70. The van der Waals surface area contributed by atoms with Gasteiger partial charge in [-0.05, 0) is 43.5 Å². The smallest absolute Gasteiger partial charge is 0.321 e. The second-order valence-electron chi connectivity index (χ2n) is 9.53. The Balaban J connectivity index is 1.38. The quantitative estimate of drug-likeness (QED) is 0.294. The maximum atomic E-state index is 12.5. The van der Waals surface area contributed by atoms with Crippen LogP contribution in [0.4, 0.5) is 22.1 Å². The molecule has 0 spiro atoms. The number of fused-ring (bicyclic) bond motifs is 3. The van der Waals surface area contributed by atoms with E-state index in [1.807, 2.05) is 64.9 Å². The molecule has 3 aromatic carbocycles. The van der Waals surface area contributed by atoms with E-state index in [2.05, 4.69) is 15.5 Å². The minimum absolute atomic E-state index is 0.0298. The number of nitro benzene ring substituents is 1. The molecule has 0 saturated carbocycles. The highest BCUT2D eigenvalue weighted by Crippen LogP contribution is 2.31. The average molecular weight is 523 g/mol. The Kier molecular flexibility index (Phi) is 6.23. The topological polar surface area (TPSA) is 122 Å². The molecule has 196 valence electrons. The van der Waals surface area contributed by atoms with Crippen molar-refractivity contribution in [1.29, 1.82) is 0 Å². The molecular weight excluding hydrogens is 496 g/mol. The Morgan fingerprint density at radius 3 is 2.41 bits per heavy atom. The molecular formula is C28H26N8O3. The standard InChI is InChI=1S/C28H26N8O3/c1-19-30-31-27-34(18-20-8-14-23(15-9-20)36(38)39)32-26(24-6-2-3-7-25(24)35(19)27)21-10-12-22(13-11-21)29-28(37)33-16-4-5-17-33/h2-3,6-15H,4-5,16-18H2,1H3,(H,29,37). The number of nitrogens with zero attached hydrogens (tertiary/aromatic N) is 7. The number of hydrazone groups is 1.